The minimum Gasteiger partial charge on any atom is -0.496 e. The van der Waals surface area contributed by atoms with E-state index in [0.29, 0.717) is 0 Å². The monoisotopic (exact) mass is 190 g/mol. The quantitative estimate of drug-likeness (QED) is 0.703. The number of hydrogen-bond donors (Lipinski definition) is 0. The van der Waals surface area contributed by atoms with Crippen LogP contribution >= 0.6 is 0 Å². The molecule has 0 aromatic heterocycles. The molecule has 1 nitrogen and oxygen atoms in total. The Balaban J connectivity index is 3.07. The maximum Gasteiger partial charge on any atom is 0.122 e. The molecule has 1 rings (SSSR count). The lowest BCUT2D eigenvalue weighted by atomic mass is 10.0. The van der Waals surface area contributed by atoms with Gasteiger partial charge in [-0.2, -0.15) is 0 Å². The summed E-state index contributed by atoms with van der Waals surface area (Å²) in [5.74, 6) is 0.972. The Kier molecular flexibility index (Phi) is 3.75. The Hall–Kier alpha value is -1.24. The van der Waals surface area contributed by atoms with E-state index in [-0.39, 0.29) is 0 Å². The van der Waals surface area contributed by atoms with Crippen LogP contribution in [0.4, 0.5) is 0 Å². The van der Waals surface area contributed by atoms with E-state index in [1.807, 2.05) is 0 Å². The minimum absolute atomic E-state index is 0.972. The van der Waals surface area contributed by atoms with Crippen LogP contribution in [0.5, 0.6) is 5.75 Å². The summed E-state index contributed by atoms with van der Waals surface area (Å²) in [7, 11) is 1.72. The highest BCUT2D eigenvalue weighted by atomic mass is 16.5. The average molecular weight is 190 g/mol. The number of ether oxygens (including phenoxy) is 1. The predicted octanol–water partition coefficient (Wildman–Crippen LogP) is 3.68. The molecule has 76 valence electrons. The second-order valence-corrected chi connectivity index (χ2v) is 3.34. The third-order valence-corrected chi connectivity index (χ3v) is 2.50. The fraction of sp³-hybridized carbons (Fsp3) is 0.385. The molecule has 1 aromatic rings. The summed E-state index contributed by atoms with van der Waals surface area (Å²) < 4.78 is 5.33. The third kappa shape index (κ3) is 2.16. The van der Waals surface area contributed by atoms with Crippen LogP contribution in [0.25, 0.3) is 5.57 Å². The lowest BCUT2D eigenvalue weighted by Crippen LogP contribution is -1.92. The normalized spacial score (nSPS) is 9.93. The van der Waals surface area contributed by atoms with Crippen LogP contribution in [-0.4, -0.2) is 7.11 Å². The van der Waals surface area contributed by atoms with Crippen LogP contribution in [0, 0.1) is 0 Å². The molecule has 0 atom stereocenters. The molecule has 0 aliphatic carbocycles. The molecule has 0 spiro atoms. The Morgan fingerprint density at radius 2 is 2.07 bits per heavy atom. The van der Waals surface area contributed by atoms with Crippen molar-refractivity contribution in [2.45, 2.75) is 26.7 Å². The molecule has 0 unspecified atom stereocenters. The Morgan fingerprint density at radius 3 is 2.57 bits per heavy atom. The van der Waals surface area contributed by atoms with Gasteiger partial charge in [-0.1, -0.05) is 32.6 Å². The SMILES string of the molecule is C=C(CC)c1ccc(CC)c(OC)c1. The zero-order valence-electron chi connectivity index (χ0n) is 9.26. The molecule has 0 bridgehead atoms. The van der Waals surface area contributed by atoms with Crippen LogP contribution < -0.4 is 4.74 Å². The average Bonchev–Trinajstić information content (AvgIpc) is 2.26. The molecular weight excluding hydrogens is 172 g/mol. The van der Waals surface area contributed by atoms with E-state index in [0.717, 1.165) is 24.2 Å². The van der Waals surface area contributed by atoms with Crippen LogP contribution in [-0.2, 0) is 6.42 Å². The fourth-order valence-electron chi connectivity index (χ4n) is 1.46. The molecule has 0 saturated carbocycles. The lowest BCUT2D eigenvalue weighted by molar-refractivity contribution is 0.410. The molecule has 0 N–H and O–H groups in total. The molecule has 1 aromatic carbocycles. The molecule has 0 aliphatic rings. The van der Waals surface area contributed by atoms with Gasteiger partial charge in [0.15, 0.2) is 0 Å². The molecule has 0 fully saturated rings. The first-order valence-corrected chi connectivity index (χ1v) is 5.08. The molecule has 0 saturated heterocycles. The number of hydrogen-bond acceptors (Lipinski definition) is 1. The second kappa shape index (κ2) is 4.85. The smallest absolute Gasteiger partial charge is 0.122 e. The van der Waals surface area contributed by atoms with Gasteiger partial charge in [-0.25, -0.2) is 0 Å². The fourth-order valence-corrected chi connectivity index (χ4v) is 1.46. The highest BCUT2D eigenvalue weighted by Gasteiger charge is 2.03. The van der Waals surface area contributed by atoms with Gasteiger partial charge in [-0.05, 0) is 35.6 Å². The van der Waals surface area contributed by atoms with Gasteiger partial charge in [0.25, 0.3) is 0 Å². The van der Waals surface area contributed by atoms with E-state index in [9.17, 15) is 0 Å². The van der Waals surface area contributed by atoms with Gasteiger partial charge in [0.05, 0.1) is 7.11 Å². The van der Waals surface area contributed by atoms with Crippen molar-refractivity contribution in [3.05, 3.63) is 35.9 Å². The van der Waals surface area contributed by atoms with Gasteiger partial charge in [0.2, 0.25) is 0 Å². The number of aryl methyl sites for hydroxylation is 1. The summed E-state index contributed by atoms with van der Waals surface area (Å²) in [5.41, 5.74) is 3.59. The maximum atomic E-state index is 5.33. The number of allylic oxidation sites excluding steroid dienone is 1. The standard InChI is InChI=1S/C13H18O/c1-5-10(3)12-8-7-11(6-2)13(9-12)14-4/h7-9H,3,5-6H2,1-2,4H3. The van der Waals surface area contributed by atoms with Gasteiger partial charge in [0, 0.05) is 0 Å². The number of methoxy groups -OCH3 is 1. The molecule has 0 heterocycles. The van der Waals surface area contributed by atoms with Crippen LogP contribution in [0.2, 0.25) is 0 Å². The molecule has 14 heavy (non-hydrogen) atoms. The summed E-state index contributed by atoms with van der Waals surface area (Å²) in [5, 5.41) is 0. The summed E-state index contributed by atoms with van der Waals surface area (Å²) in [6.45, 7) is 8.26. The van der Waals surface area contributed by atoms with Gasteiger partial charge >= 0.3 is 0 Å². The van der Waals surface area contributed by atoms with Gasteiger partial charge in [0.1, 0.15) is 5.75 Å². The van der Waals surface area contributed by atoms with Crippen molar-refractivity contribution >= 4 is 5.57 Å². The summed E-state index contributed by atoms with van der Waals surface area (Å²) in [6.07, 6.45) is 1.98. The van der Waals surface area contributed by atoms with Crippen molar-refractivity contribution in [2.75, 3.05) is 7.11 Å². The molecule has 1 heteroatoms. The van der Waals surface area contributed by atoms with Crippen molar-refractivity contribution in [1.82, 2.24) is 0 Å². The van der Waals surface area contributed by atoms with E-state index in [1.165, 1.54) is 11.1 Å². The minimum atomic E-state index is 0.972. The topological polar surface area (TPSA) is 9.23 Å². The molecule has 0 amide bonds. The molecular formula is C13H18O. The van der Waals surface area contributed by atoms with Crippen molar-refractivity contribution in [1.29, 1.82) is 0 Å². The van der Waals surface area contributed by atoms with Crippen molar-refractivity contribution < 1.29 is 4.74 Å². The van der Waals surface area contributed by atoms with Crippen LogP contribution in [0.3, 0.4) is 0 Å². The van der Waals surface area contributed by atoms with Gasteiger partial charge in [-0.3, -0.25) is 0 Å². The number of rotatable bonds is 4. The van der Waals surface area contributed by atoms with Gasteiger partial charge in [-0.15, -0.1) is 0 Å². The highest BCUT2D eigenvalue weighted by Crippen LogP contribution is 2.25. The summed E-state index contributed by atoms with van der Waals surface area (Å²) in [4.78, 5) is 0. The van der Waals surface area contributed by atoms with Crippen LogP contribution in [0.15, 0.2) is 24.8 Å². The zero-order chi connectivity index (χ0) is 10.6. The van der Waals surface area contributed by atoms with E-state index >= 15 is 0 Å². The zero-order valence-corrected chi connectivity index (χ0v) is 9.26. The van der Waals surface area contributed by atoms with Gasteiger partial charge < -0.3 is 4.74 Å². The van der Waals surface area contributed by atoms with Crippen LogP contribution in [0.1, 0.15) is 31.4 Å². The summed E-state index contributed by atoms with van der Waals surface area (Å²) >= 11 is 0. The highest BCUT2D eigenvalue weighted by molar-refractivity contribution is 5.65. The Bertz CT molecular complexity index is 326. The first-order valence-electron chi connectivity index (χ1n) is 5.08. The predicted molar refractivity (Wildman–Crippen MR) is 61.7 cm³/mol. The van der Waals surface area contributed by atoms with Crippen molar-refractivity contribution in [3.8, 4) is 5.75 Å². The Labute approximate surface area is 86.4 Å². The van der Waals surface area contributed by atoms with E-state index in [2.05, 4.69) is 38.6 Å². The molecule has 0 radical (unpaired) electrons. The first-order chi connectivity index (χ1) is 6.72. The Morgan fingerprint density at radius 1 is 1.36 bits per heavy atom. The lowest BCUT2D eigenvalue weighted by Gasteiger charge is -2.09. The van der Waals surface area contributed by atoms with E-state index < -0.39 is 0 Å². The number of benzene rings is 1. The first kappa shape index (κ1) is 10.8. The second-order valence-electron chi connectivity index (χ2n) is 3.34. The largest absolute Gasteiger partial charge is 0.496 e. The third-order valence-electron chi connectivity index (χ3n) is 2.50. The van der Waals surface area contributed by atoms with Crippen molar-refractivity contribution in [3.63, 3.8) is 0 Å². The van der Waals surface area contributed by atoms with E-state index in [1.54, 1.807) is 7.11 Å². The molecule has 0 aliphatic heterocycles. The maximum absolute atomic E-state index is 5.33. The van der Waals surface area contributed by atoms with Crippen molar-refractivity contribution in [2.24, 2.45) is 0 Å². The summed E-state index contributed by atoms with van der Waals surface area (Å²) in [6, 6.07) is 6.31. The van der Waals surface area contributed by atoms with E-state index in [4.69, 9.17) is 4.74 Å².